The van der Waals surface area contributed by atoms with Crippen LogP contribution in [0.5, 0.6) is 34.5 Å². The minimum Gasteiger partial charge on any atom is -0.517 e. The van der Waals surface area contributed by atoms with E-state index >= 15 is 0 Å². The van der Waals surface area contributed by atoms with Crippen molar-refractivity contribution in [3.8, 4) is 34.5 Å². The number of sulfone groups is 2. The smallest absolute Gasteiger partial charge is 0.517 e. The fourth-order valence-electron chi connectivity index (χ4n) is 10.6. The van der Waals surface area contributed by atoms with Crippen LogP contribution in [0.2, 0.25) is 0 Å². The molecule has 0 atom stereocenters. The Morgan fingerprint density at radius 1 is 0.420 bits per heavy atom. The van der Waals surface area contributed by atoms with Crippen LogP contribution in [0.4, 0.5) is 0 Å². The summed E-state index contributed by atoms with van der Waals surface area (Å²) in [5, 5.41) is 0.643. The molecule has 0 aromatic heterocycles. The van der Waals surface area contributed by atoms with Gasteiger partial charge in [0.15, 0.2) is 9.84 Å². The number of rotatable bonds is 32. The van der Waals surface area contributed by atoms with E-state index in [9.17, 15) is 30.5 Å². The van der Waals surface area contributed by atoms with Crippen LogP contribution >= 0.6 is 38.3 Å². The summed E-state index contributed by atoms with van der Waals surface area (Å²) in [6.45, 7) is 24.7. The number of methoxy groups -OCH3 is 2. The largest absolute Gasteiger partial charge is 1.00 e. The van der Waals surface area contributed by atoms with Crippen LogP contribution in [0, 0.1) is 26.0 Å². The maximum absolute atomic E-state index is 14.5. The molecular formula is C77H98BrLi2O15P3S2. The molecule has 0 bridgehead atoms. The second-order valence-corrected chi connectivity index (χ2v) is 36.7. The first-order chi connectivity index (χ1) is 46.0. The third-order valence-corrected chi connectivity index (χ3v) is 28.7. The molecule has 23 heteroatoms. The average molecular weight is 1510 g/mol. The Bertz CT molecular complexity index is 4160. The summed E-state index contributed by atoms with van der Waals surface area (Å²) < 4.78 is 137. The van der Waals surface area contributed by atoms with Gasteiger partial charge in [-0.15, -0.1) is 18.2 Å². The molecule has 0 aliphatic carbocycles. The Morgan fingerprint density at radius 2 is 0.770 bits per heavy atom. The van der Waals surface area contributed by atoms with Crippen LogP contribution < -0.4 is 56.7 Å². The summed E-state index contributed by atoms with van der Waals surface area (Å²) in [4.78, 5) is 0.476. The van der Waals surface area contributed by atoms with E-state index in [2.05, 4.69) is 80.0 Å². The number of ether oxygens (including phenoxy) is 4. The number of hydrogen-bond acceptors (Lipinski definition) is 15. The van der Waals surface area contributed by atoms with Crippen molar-refractivity contribution in [2.75, 3.05) is 76.8 Å². The van der Waals surface area contributed by atoms with Gasteiger partial charge in [0, 0.05) is 28.1 Å². The van der Waals surface area contributed by atoms with E-state index in [4.69, 9.17) is 37.0 Å². The third kappa shape index (κ3) is 24.6. The second-order valence-electron chi connectivity index (χ2n) is 23.9. The van der Waals surface area contributed by atoms with E-state index in [0.717, 1.165) is 39.3 Å². The van der Waals surface area contributed by atoms with Crippen LogP contribution in [0.25, 0.3) is 0 Å². The van der Waals surface area contributed by atoms with Gasteiger partial charge in [0.05, 0.1) is 69.9 Å². The Balaban J connectivity index is 0.000000464. The van der Waals surface area contributed by atoms with Crippen molar-refractivity contribution < 1.29 is 105 Å². The Labute approximate surface area is 629 Å². The molecule has 0 heterocycles. The summed E-state index contributed by atoms with van der Waals surface area (Å²) in [5.74, 6) is 3.82. The number of hydrogen-bond donors (Lipinski definition) is 0. The quantitative estimate of drug-likeness (QED) is 0.0167. The molecule has 15 nitrogen and oxygen atoms in total. The number of aryl methyl sites for hydroxylation is 4. The van der Waals surface area contributed by atoms with Crippen molar-refractivity contribution in [2.24, 2.45) is 0 Å². The molecule has 0 saturated heterocycles. The maximum atomic E-state index is 14.5. The van der Waals surface area contributed by atoms with Crippen molar-refractivity contribution in [1.82, 2.24) is 0 Å². The zero-order chi connectivity index (χ0) is 71.2. The minimum absolute atomic E-state index is 0. The number of alkyl halides is 1. The molecule has 0 spiro atoms. The Kier molecular flexibility index (Phi) is 36.6. The van der Waals surface area contributed by atoms with Gasteiger partial charge >= 0.3 is 52.9 Å². The molecule has 8 rings (SSSR count). The first-order valence-electron chi connectivity index (χ1n) is 32.5. The predicted octanol–water partition coefficient (Wildman–Crippen LogP) is 14.6. The number of halogens is 1. The van der Waals surface area contributed by atoms with E-state index in [1.54, 1.807) is 96.5 Å². The van der Waals surface area contributed by atoms with Crippen LogP contribution in [-0.2, 0) is 75.1 Å². The molecule has 0 saturated carbocycles. The molecule has 8 aromatic rings. The van der Waals surface area contributed by atoms with Crippen molar-refractivity contribution in [1.29, 1.82) is 0 Å². The van der Waals surface area contributed by atoms with E-state index in [1.807, 2.05) is 107 Å². The van der Waals surface area contributed by atoms with Crippen molar-refractivity contribution in [3.63, 3.8) is 0 Å². The molecule has 0 amide bonds. The van der Waals surface area contributed by atoms with Gasteiger partial charge in [0.25, 0.3) is 0 Å². The topological polar surface area (TPSA) is 193 Å². The second kappa shape index (κ2) is 40.9. The molecular weight excluding hydrogens is 1420 g/mol. The van der Waals surface area contributed by atoms with Gasteiger partial charge in [-0.3, -0.25) is 9.13 Å². The summed E-state index contributed by atoms with van der Waals surface area (Å²) in [7, 11) is -13.1. The van der Waals surface area contributed by atoms with Crippen LogP contribution in [0.1, 0.15) is 121 Å². The zero-order valence-electron chi connectivity index (χ0n) is 60.3. The van der Waals surface area contributed by atoms with Crippen LogP contribution in [0.15, 0.2) is 189 Å². The average Bonchev–Trinajstić information content (AvgIpc) is 0.777. The summed E-state index contributed by atoms with van der Waals surface area (Å²) >= 11 is 3.19. The monoisotopic (exact) mass is 1510 g/mol. The molecule has 532 valence electrons. The first-order valence-corrected chi connectivity index (χ1v) is 42.3. The normalized spacial score (nSPS) is 11.8. The van der Waals surface area contributed by atoms with E-state index < -0.39 is 42.0 Å². The van der Waals surface area contributed by atoms with Crippen LogP contribution in [0.3, 0.4) is 0 Å². The van der Waals surface area contributed by atoms with E-state index in [-0.39, 0.29) is 101 Å². The molecule has 0 unspecified atom stereocenters. The van der Waals surface area contributed by atoms with Gasteiger partial charge in [0.2, 0.25) is 9.84 Å². The van der Waals surface area contributed by atoms with Gasteiger partial charge in [-0.05, 0) is 176 Å². The third-order valence-electron chi connectivity index (χ3n) is 16.6. The molecule has 0 radical (unpaired) electrons. The molecule has 0 aliphatic rings. The molecule has 0 N–H and O–H groups in total. The zero-order valence-corrected chi connectivity index (χ0v) is 66.2. The van der Waals surface area contributed by atoms with Gasteiger partial charge in [-0.25, -0.2) is 16.8 Å². The van der Waals surface area contributed by atoms with Crippen molar-refractivity contribution in [2.45, 2.75) is 134 Å². The molecule has 0 aliphatic heterocycles. The van der Waals surface area contributed by atoms with E-state index in [1.165, 1.54) is 17.7 Å². The summed E-state index contributed by atoms with van der Waals surface area (Å²) in [5.41, 5.74) is 7.04. The maximum Gasteiger partial charge on any atom is 1.00 e. The predicted molar refractivity (Wildman–Crippen MR) is 400 cm³/mol. The Morgan fingerprint density at radius 3 is 1.15 bits per heavy atom. The summed E-state index contributed by atoms with van der Waals surface area (Å²) in [6.07, 6.45) is 2.52. The minimum atomic E-state index is -4.06. The molecule has 8 aromatic carbocycles. The molecule has 100 heavy (non-hydrogen) atoms. The summed E-state index contributed by atoms with van der Waals surface area (Å²) in [6, 6.07) is 57.3. The van der Waals surface area contributed by atoms with Gasteiger partial charge < -0.3 is 41.6 Å². The number of benzene rings is 8. The van der Waals surface area contributed by atoms with Crippen molar-refractivity contribution in [3.05, 3.63) is 226 Å². The van der Waals surface area contributed by atoms with Gasteiger partial charge in [0.1, 0.15) is 28.7 Å². The SMILES string of the molecule is C.CCOP(=O)(CCBr)OCC.CCOP(=O)(CCc1cc(Oc2ccc(C(C)(C)c3ccc(OC)cc3)cc2)ccc1S(=O)(=O)c1ccc(C)cc1CCP(=O)(CC)CC)OCC.COc1ccc(C(C)(C)c2ccc(Oc3c[c-]c(S(=O)(=O)c4[c-]cc(C)cc4)cc3)cc2)cc1.[Li+].[Li+]. The van der Waals surface area contributed by atoms with Crippen molar-refractivity contribution >= 4 is 57.9 Å². The fourth-order valence-corrected chi connectivity index (χ4v) is 19.5. The fraction of sp³-hybridized carbons (Fsp3) is 0.377. The first kappa shape index (κ1) is 89.3. The molecule has 0 fully saturated rings. The van der Waals surface area contributed by atoms with Gasteiger partial charge in [-0.2, -0.15) is 35.9 Å². The standard InChI is InChI=1S/C41H54O8P2S.C29H26O4S.C6H14BrO3P.CH4.2Li/c1-9-47-51(43,48-10-2)28-26-33-30-38(49-37-20-16-35(17-21-37)41(6,7)34-14-18-36(46-8)19-15-34)22-24-40(33)52(44,45)39-23-13-31(5)29-32(39)25-27-50(42,11-3)12-4;1-21-5-17-27(18-6-21)34(30,31)28-19-15-26(16-20-28)33-25-13-9-23(10-14-25)29(2,3)22-7-11-24(32-4)12-8-22;1-3-9-11(8,6-5-7)10-4-2;;;/h13-24,29-30H,9-12,25-28H2,1-8H3;5-17,19H,1-4H3;3-6H2,1-2H3;1H4;;/q;-2;;;2*+1. The van der Waals surface area contributed by atoms with Gasteiger partial charge in [-0.1, -0.05) is 138 Å². The van der Waals surface area contributed by atoms with E-state index in [0.29, 0.717) is 83.7 Å². The Hall–Kier alpha value is -4.94. The van der Waals surface area contributed by atoms with Crippen LogP contribution in [-0.4, -0.2) is 93.6 Å².